The van der Waals surface area contributed by atoms with Crippen LogP contribution in [-0.2, 0) is 19.6 Å². The van der Waals surface area contributed by atoms with Crippen LogP contribution < -0.4 is 0 Å². The van der Waals surface area contributed by atoms with Gasteiger partial charge in [-0.25, -0.2) is 0 Å². The van der Waals surface area contributed by atoms with Gasteiger partial charge in [0.25, 0.3) is 0 Å². The molecule has 3 rings (SSSR count). The van der Waals surface area contributed by atoms with Crippen molar-refractivity contribution in [2.24, 2.45) is 0 Å². The summed E-state index contributed by atoms with van der Waals surface area (Å²) in [5.41, 5.74) is 3.24. The molecular formula is C17H25N5O. The van der Waals surface area contributed by atoms with Crippen LogP contribution in [0.4, 0.5) is 0 Å². The maximum absolute atomic E-state index is 10.3. The summed E-state index contributed by atoms with van der Waals surface area (Å²) in [6.45, 7) is 4.35. The summed E-state index contributed by atoms with van der Waals surface area (Å²) in [4.78, 5) is 8.48. The monoisotopic (exact) mass is 315 g/mol. The molecule has 0 radical (unpaired) electrons. The Kier molecular flexibility index (Phi) is 5.05. The second-order valence-corrected chi connectivity index (χ2v) is 6.48. The smallest absolute Gasteiger partial charge is 0.110 e. The Morgan fingerprint density at radius 2 is 2.04 bits per heavy atom. The summed E-state index contributed by atoms with van der Waals surface area (Å²) in [6.07, 6.45) is 4.22. The number of hydrogen-bond donors (Lipinski definition) is 1. The van der Waals surface area contributed by atoms with E-state index in [2.05, 4.69) is 37.9 Å². The third kappa shape index (κ3) is 4.16. The molecule has 0 unspecified atom stereocenters. The van der Waals surface area contributed by atoms with E-state index in [9.17, 15) is 5.11 Å². The van der Waals surface area contributed by atoms with Crippen LogP contribution in [0.2, 0.25) is 0 Å². The van der Waals surface area contributed by atoms with Gasteiger partial charge in [0, 0.05) is 45.1 Å². The number of aliphatic hydroxyl groups excluding tert-OH is 1. The van der Waals surface area contributed by atoms with Crippen LogP contribution in [0.25, 0.3) is 0 Å². The molecule has 0 bridgehead atoms. The van der Waals surface area contributed by atoms with Gasteiger partial charge in [0.1, 0.15) is 6.10 Å². The molecule has 0 aromatic carbocycles. The van der Waals surface area contributed by atoms with Gasteiger partial charge >= 0.3 is 0 Å². The van der Waals surface area contributed by atoms with Gasteiger partial charge < -0.3 is 10.0 Å². The molecule has 6 heteroatoms. The highest BCUT2D eigenvalue weighted by Crippen LogP contribution is 2.19. The maximum atomic E-state index is 10.3. The van der Waals surface area contributed by atoms with E-state index in [1.807, 2.05) is 31.4 Å². The summed E-state index contributed by atoms with van der Waals surface area (Å²) in [6, 6.07) is 6.18. The number of hydrogen-bond acceptors (Lipinski definition) is 5. The molecule has 0 saturated carbocycles. The van der Waals surface area contributed by atoms with Crippen molar-refractivity contribution in [1.29, 1.82) is 0 Å². The molecule has 6 nitrogen and oxygen atoms in total. The largest absolute Gasteiger partial charge is 0.385 e. The van der Waals surface area contributed by atoms with E-state index < -0.39 is 6.10 Å². The average Bonchev–Trinajstić information content (AvgIpc) is 2.82. The molecule has 3 heterocycles. The van der Waals surface area contributed by atoms with E-state index in [1.54, 1.807) is 0 Å². The van der Waals surface area contributed by atoms with Gasteiger partial charge in [0.2, 0.25) is 0 Å². The van der Waals surface area contributed by atoms with Crippen molar-refractivity contribution >= 4 is 0 Å². The number of pyridine rings is 1. The van der Waals surface area contributed by atoms with Gasteiger partial charge in [0.05, 0.1) is 11.4 Å². The first-order valence-electron chi connectivity index (χ1n) is 8.12. The second-order valence-electron chi connectivity index (χ2n) is 6.48. The molecule has 23 heavy (non-hydrogen) atoms. The van der Waals surface area contributed by atoms with Crippen molar-refractivity contribution in [2.45, 2.75) is 32.2 Å². The number of fused-ring (bicyclic) bond motifs is 1. The standard InChI is InChI=1S/C17H25N5O/c1-20(2)13-17(23)16-10-15-12-21(8-3-9-22(15)19-16)11-14-4-6-18-7-5-14/h4-7,10,17,23H,3,8-9,11-13H2,1-2H3/t17-/m0/s1. The zero-order valence-electron chi connectivity index (χ0n) is 13.9. The van der Waals surface area contributed by atoms with E-state index in [-0.39, 0.29) is 0 Å². The molecule has 0 aliphatic carbocycles. The average molecular weight is 315 g/mol. The maximum Gasteiger partial charge on any atom is 0.110 e. The predicted molar refractivity (Wildman–Crippen MR) is 88.7 cm³/mol. The second kappa shape index (κ2) is 7.21. The Morgan fingerprint density at radius 3 is 2.78 bits per heavy atom. The Hall–Kier alpha value is -1.76. The van der Waals surface area contributed by atoms with Crippen molar-refractivity contribution < 1.29 is 5.11 Å². The molecule has 2 aromatic rings. The van der Waals surface area contributed by atoms with Crippen LogP contribution >= 0.6 is 0 Å². The number of nitrogens with zero attached hydrogens (tertiary/aromatic N) is 5. The lowest BCUT2D eigenvalue weighted by Gasteiger charge is -2.19. The number of aromatic nitrogens is 3. The van der Waals surface area contributed by atoms with Gasteiger partial charge in [0.15, 0.2) is 0 Å². The van der Waals surface area contributed by atoms with Gasteiger partial charge in [-0.15, -0.1) is 0 Å². The highest BCUT2D eigenvalue weighted by atomic mass is 16.3. The molecule has 0 fully saturated rings. The van der Waals surface area contributed by atoms with Crippen LogP contribution in [0.15, 0.2) is 30.6 Å². The quantitative estimate of drug-likeness (QED) is 0.901. The lowest BCUT2D eigenvalue weighted by molar-refractivity contribution is 0.133. The fraction of sp³-hybridized carbons (Fsp3) is 0.529. The highest BCUT2D eigenvalue weighted by Gasteiger charge is 2.20. The summed E-state index contributed by atoms with van der Waals surface area (Å²) in [7, 11) is 3.92. The SMILES string of the molecule is CN(C)C[C@H](O)c1cc2n(n1)CCCN(Cc1ccncc1)C2. The fourth-order valence-electron chi connectivity index (χ4n) is 3.03. The Labute approximate surface area is 137 Å². The third-order valence-corrected chi connectivity index (χ3v) is 4.15. The molecule has 1 aliphatic heterocycles. The number of aliphatic hydroxyl groups is 1. The van der Waals surface area contributed by atoms with Gasteiger partial charge in [-0.05, 0) is 44.3 Å². The normalized spacial score (nSPS) is 17.0. The highest BCUT2D eigenvalue weighted by molar-refractivity contribution is 5.15. The van der Waals surface area contributed by atoms with Gasteiger partial charge in [-0.2, -0.15) is 5.10 Å². The van der Waals surface area contributed by atoms with Crippen LogP contribution in [0.3, 0.4) is 0 Å². The Morgan fingerprint density at radius 1 is 1.26 bits per heavy atom. The molecule has 0 amide bonds. The first-order valence-corrected chi connectivity index (χ1v) is 8.12. The minimum absolute atomic E-state index is 0.530. The lowest BCUT2D eigenvalue weighted by atomic mass is 10.2. The zero-order chi connectivity index (χ0) is 16.2. The van der Waals surface area contributed by atoms with Crippen LogP contribution in [-0.4, -0.2) is 56.9 Å². The number of likely N-dealkylation sites (N-methyl/N-ethyl adjacent to an activating group) is 1. The molecule has 0 saturated heterocycles. The van der Waals surface area contributed by atoms with Gasteiger partial charge in [-0.3, -0.25) is 14.6 Å². The predicted octanol–water partition coefficient (Wildman–Crippen LogP) is 1.28. The van der Waals surface area contributed by atoms with E-state index in [1.165, 1.54) is 11.3 Å². The van der Waals surface area contributed by atoms with E-state index in [0.717, 1.165) is 38.3 Å². The molecular weight excluding hydrogens is 290 g/mol. The van der Waals surface area contributed by atoms with Gasteiger partial charge in [-0.1, -0.05) is 0 Å². The van der Waals surface area contributed by atoms with E-state index in [0.29, 0.717) is 6.54 Å². The molecule has 124 valence electrons. The first kappa shape index (κ1) is 16.1. The van der Waals surface area contributed by atoms with Crippen molar-refractivity contribution in [3.8, 4) is 0 Å². The minimum Gasteiger partial charge on any atom is -0.385 e. The first-order chi connectivity index (χ1) is 11.1. The molecule has 1 aliphatic rings. The topological polar surface area (TPSA) is 57.4 Å². The molecule has 1 N–H and O–H groups in total. The minimum atomic E-state index is -0.530. The van der Waals surface area contributed by atoms with Crippen LogP contribution in [0.5, 0.6) is 0 Å². The van der Waals surface area contributed by atoms with E-state index >= 15 is 0 Å². The number of rotatable bonds is 5. The van der Waals surface area contributed by atoms with Crippen molar-refractivity contribution in [3.63, 3.8) is 0 Å². The van der Waals surface area contributed by atoms with Crippen molar-refractivity contribution in [2.75, 3.05) is 27.2 Å². The molecule has 0 spiro atoms. The third-order valence-electron chi connectivity index (χ3n) is 4.15. The summed E-state index contributed by atoms with van der Waals surface area (Å²) in [5.74, 6) is 0. The zero-order valence-corrected chi connectivity index (χ0v) is 13.9. The summed E-state index contributed by atoms with van der Waals surface area (Å²) in [5, 5.41) is 14.9. The Balaban J connectivity index is 1.71. The molecule has 1 atom stereocenters. The van der Waals surface area contributed by atoms with Crippen molar-refractivity contribution in [1.82, 2.24) is 24.6 Å². The fourth-order valence-corrected chi connectivity index (χ4v) is 3.03. The van der Waals surface area contributed by atoms with E-state index in [4.69, 9.17) is 0 Å². The summed E-state index contributed by atoms with van der Waals surface area (Å²) >= 11 is 0. The number of aryl methyl sites for hydroxylation is 1. The van der Waals surface area contributed by atoms with Crippen LogP contribution in [0, 0.1) is 0 Å². The van der Waals surface area contributed by atoms with Crippen molar-refractivity contribution in [3.05, 3.63) is 47.5 Å². The summed E-state index contributed by atoms with van der Waals surface area (Å²) < 4.78 is 2.06. The Bertz CT molecular complexity index is 625. The molecule has 2 aromatic heterocycles. The lowest BCUT2D eigenvalue weighted by Crippen LogP contribution is -2.23. The van der Waals surface area contributed by atoms with Crippen LogP contribution in [0.1, 0.15) is 29.5 Å².